The highest BCUT2D eigenvalue weighted by Crippen LogP contribution is 2.30. The first kappa shape index (κ1) is 10.2. The number of rotatable bonds is 3. The number of hydrogen-bond acceptors (Lipinski definition) is 2. The average Bonchev–Trinajstić information content (AvgIpc) is 2.60. The van der Waals surface area contributed by atoms with Crippen LogP contribution in [-0.4, -0.2) is 19.9 Å². The maximum atomic E-state index is 10.5. The number of likely N-dealkylation sites (N-methyl/N-ethyl adjacent to an activating group) is 1. The van der Waals surface area contributed by atoms with Gasteiger partial charge in [-0.3, -0.25) is 0 Å². The molecule has 0 N–H and O–H groups in total. The normalized spacial score (nSPS) is 16.3. The highest BCUT2D eigenvalue weighted by atomic mass is 16.1. The molecule has 0 spiro atoms. The minimum absolute atomic E-state index is 0.335. The fraction of sp³-hybridized carbons (Fsp3) is 0.462. The summed E-state index contributed by atoms with van der Waals surface area (Å²) in [7, 11) is 2.13. The number of hydrogen-bond donors (Lipinski definition) is 0. The lowest BCUT2D eigenvalue weighted by atomic mass is 9.96. The summed E-state index contributed by atoms with van der Waals surface area (Å²) in [6.07, 6.45) is 2.76. The molecular formula is C13H17NO. The number of aldehydes is 1. The molecule has 0 saturated carbocycles. The number of nitrogens with zero attached hydrogens (tertiary/aromatic N) is 1. The van der Waals surface area contributed by atoms with E-state index < -0.39 is 0 Å². The van der Waals surface area contributed by atoms with E-state index in [1.807, 2.05) is 0 Å². The molecule has 1 atom stereocenters. The van der Waals surface area contributed by atoms with Crippen molar-refractivity contribution in [3.8, 4) is 0 Å². The van der Waals surface area contributed by atoms with Crippen molar-refractivity contribution in [2.75, 3.05) is 18.5 Å². The van der Waals surface area contributed by atoms with Gasteiger partial charge < -0.3 is 9.69 Å². The standard InChI is InChI=1S/C13H17NO/c1-10(6-8-15)12-4-3-11-5-7-14(2)13(11)9-12/h3-4,8-10H,5-7H2,1-2H3. The third-order valence-corrected chi connectivity index (χ3v) is 3.26. The molecule has 2 nitrogen and oxygen atoms in total. The second-order valence-electron chi connectivity index (χ2n) is 4.36. The molecule has 0 bridgehead atoms. The third-order valence-electron chi connectivity index (χ3n) is 3.26. The van der Waals surface area contributed by atoms with E-state index in [0.29, 0.717) is 12.3 Å². The Kier molecular flexibility index (Phi) is 2.76. The van der Waals surface area contributed by atoms with Gasteiger partial charge in [0.25, 0.3) is 0 Å². The number of fused-ring (bicyclic) bond motifs is 1. The van der Waals surface area contributed by atoms with Crippen LogP contribution in [0, 0.1) is 0 Å². The lowest BCUT2D eigenvalue weighted by Gasteiger charge is -2.15. The van der Waals surface area contributed by atoms with Crippen molar-refractivity contribution in [3.63, 3.8) is 0 Å². The predicted molar refractivity (Wildman–Crippen MR) is 62.5 cm³/mol. The minimum atomic E-state index is 0.335. The van der Waals surface area contributed by atoms with E-state index in [1.165, 1.54) is 16.8 Å². The van der Waals surface area contributed by atoms with Crippen molar-refractivity contribution in [2.24, 2.45) is 0 Å². The van der Waals surface area contributed by atoms with Crippen molar-refractivity contribution in [1.29, 1.82) is 0 Å². The summed E-state index contributed by atoms with van der Waals surface area (Å²) in [5.41, 5.74) is 4.04. The first-order valence-electron chi connectivity index (χ1n) is 5.50. The van der Waals surface area contributed by atoms with Crippen molar-refractivity contribution in [1.82, 2.24) is 0 Å². The second-order valence-corrected chi connectivity index (χ2v) is 4.36. The molecular weight excluding hydrogens is 186 g/mol. The van der Waals surface area contributed by atoms with E-state index in [9.17, 15) is 4.79 Å². The van der Waals surface area contributed by atoms with Crippen molar-refractivity contribution < 1.29 is 4.79 Å². The maximum Gasteiger partial charge on any atom is 0.120 e. The first-order valence-corrected chi connectivity index (χ1v) is 5.50. The molecule has 0 saturated heterocycles. The monoisotopic (exact) mass is 203 g/mol. The molecule has 1 aromatic rings. The quantitative estimate of drug-likeness (QED) is 0.703. The second kappa shape index (κ2) is 4.05. The van der Waals surface area contributed by atoms with Crippen LogP contribution in [-0.2, 0) is 11.2 Å². The molecule has 80 valence electrons. The van der Waals surface area contributed by atoms with Crippen LogP contribution in [0.5, 0.6) is 0 Å². The van der Waals surface area contributed by atoms with Crippen LogP contribution in [0.25, 0.3) is 0 Å². The molecule has 2 rings (SSSR count). The molecule has 1 aromatic carbocycles. The predicted octanol–water partition coefficient (Wildman–Crippen LogP) is 2.37. The summed E-state index contributed by atoms with van der Waals surface area (Å²) < 4.78 is 0. The molecule has 1 aliphatic heterocycles. The van der Waals surface area contributed by atoms with Gasteiger partial charge in [0.1, 0.15) is 6.29 Å². The minimum Gasteiger partial charge on any atom is -0.374 e. The SMILES string of the molecule is CC(CC=O)c1ccc2c(c1)N(C)CC2. The van der Waals surface area contributed by atoms with E-state index in [1.54, 1.807) is 0 Å². The van der Waals surface area contributed by atoms with Gasteiger partial charge in [0.2, 0.25) is 0 Å². The van der Waals surface area contributed by atoms with E-state index in [2.05, 4.69) is 37.1 Å². The number of anilines is 1. The van der Waals surface area contributed by atoms with Crippen LogP contribution in [0.1, 0.15) is 30.4 Å². The average molecular weight is 203 g/mol. The van der Waals surface area contributed by atoms with Gasteiger partial charge in [0.05, 0.1) is 0 Å². The summed E-state index contributed by atoms with van der Waals surface area (Å²) in [6, 6.07) is 6.60. The zero-order valence-corrected chi connectivity index (χ0v) is 9.36. The smallest absolute Gasteiger partial charge is 0.120 e. The Bertz CT molecular complexity index is 373. The van der Waals surface area contributed by atoms with E-state index >= 15 is 0 Å². The lowest BCUT2D eigenvalue weighted by molar-refractivity contribution is -0.108. The Morgan fingerprint density at radius 3 is 3.07 bits per heavy atom. The van der Waals surface area contributed by atoms with Gasteiger partial charge in [0.15, 0.2) is 0 Å². The van der Waals surface area contributed by atoms with Gasteiger partial charge in [0, 0.05) is 25.7 Å². The van der Waals surface area contributed by atoms with Gasteiger partial charge in [-0.25, -0.2) is 0 Å². The molecule has 1 unspecified atom stereocenters. The molecule has 1 aliphatic rings. The van der Waals surface area contributed by atoms with E-state index in [4.69, 9.17) is 0 Å². The topological polar surface area (TPSA) is 20.3 Å². The van der Waals surface area contributed by atoms with Crippen LogP contribution in [0.15, 0.2) is 18.2 Å². The molecule has 2 heteroatoms. The summed E-state index contributed by atoms with van der Waals surface area (Å²) in [5, 5.41) is 0. The van der Waals surface area contributed by atoms with Crippen LogP contribution in [0.4, 0.5) is 5.69 Å². The molecule has 1 heterocycles. The van der Waals surface area contributed by atoms with Crippen molar-refractivity contribution >= 4 is 12.0 Å². The number of carbonyl (C=O) groups excluding carboxylic acids is 1. The number of benzene rings is 1. The Morgan fingerprint density at radius 1 is 1.53 bits per heavy atom. The third kappa shape index (κ3) is 1.89. The van der Waals surface area contributed by atoms with Gasteiger partial charge >= 0.3 is 0 Å². The summed E-state index contributed by atoms with van der Waals surface area (Å²) in [4.78, 5) is 12.8. The van der Waals surface area contributed by atoms with Crippen LogP contribution in [0.3, 0.4) is 0 Å². The summed E-state index contributed by atoms with van der Waals surface area (Å²) >= 11 is 0. The molecule has 0 aliphatic carbocycles. The Morgan fingerprint density at radius 2 is 2.33 bits per heavy atom. The fourth-order valence-corrected chi connectivity index (χ4v) is 2.14. The van der Waals surface area contributed by atoms with Crippen LogP contribution >= 0.6 is 0 Å². The van der Waals surface area contributed by atoms with Gasteiger partial charge in [-0.15, -0.1) is 0 Å². The molecule has 0 aromatic heterocycles. The first-order chi connectivity index (χ1) is 7.22. The highest BCUT2D eigenvalue weighted by Gasteiger charge is 2.16. The lowest BCUT2D eigenvalue weighted by Crippen LogP contribution is -2.12. The molecule has 0 amide bonds. The number of carbonyl (C=O) groups is 1. The Hall–Kier alpha value is -1.31. The van der Waals surface area contributed by atoms with Gasteiger partial charge in [-0.1, -0.05) is 19.1 Å². The van der Waals surface area contributed by atoms with Crippen LogP contribution in [0.2, 0.25) is 0 Å². The summed E-state index contributed by atoms with van der Waals surface area (Å²) in [6.45, 7) is 3.21. The molecule has 0 radical (unpaired) electrons. The van der Waals surface area contributed by atoms with Crippen molar-refractivity contribution in [2.45, 2.75) is 25.7 Å². The largest absolute Gasteiger partial charge is 0.374 e. The zero-order chi connectivity index (χ0) is 10.8. The molecule has 15 heavy (non-hydrogen) atoms. The summed E-state index contributed by atoms with van der Waals surface area (Å²) in [5.74, 6) is 0.335. The highest BCUT2D eigenvalue weighted by molar-refractivity contribution is 5.60. The van der Waals surface area contributed by atoms with Crippen LogP contribution < -0.4 is 4.90 Å². The van der Waals surface area contributed by atoms with Gasteiger partial charge in [-0.2, -0.15) is 0 Å². The Labute approximate surface area is 90.9 Å². The zero-order valence-electron chi connectivity index (χ0n) is 9.36. The Balaban J connectivity index is 2.28. The van der Waals surface area contributed by atoms with Crippen molar-refractivity contribution in [3.05, 3.63) is 29.3 Å². The fourth-order valence-electron chi connectivity index (χ4n) is 2.14. The maximum absolute atomic E-state index is 10.5. The molecule has 0 fully saturated rings. The van der Waals surface area contributed by atoms with E-state index in [0.717, 1.165) is 19.3 Å². The van der Waals surface area contributed by atoms with E-state index in [-0.39, 0.29) is 0 Å². The van der Waals surface area contributed by atoms with Gasteiger partial charge in [-0.05, 0) is 29.5 Å².